The molecular weight excluding hydrogens is 571 g/mol. The van der Waals surface area contributed by atoms with E-state index in [0.29, 0.717) is 38.8 Å². The second-order valence-electron chi connectivity index (χ2n) is 9.24. The number of hydrogen-bond donors (Lipinski definition) is 1. The Bertz CT molecular complexity index is 1730. The van der Waals surface area contributed by atoms with Crippen molar-refractivity contribution in [3.8, 4) is 0 Å². The highest BCUT2D eigenvalue weighted by Crippen LogP contribution is 2.33. The van der Waals surface area contributed by atoms with Crippen LogP contribution in [-0.4, -0.2) is 30.4 Å². The predicted molar refractivity (Wildman–Crippen MR) is 156 cm³/mol. The van der Waals surface area contributed by atoms with Gasteiger partial charge in [-0.1, -0.05) is 35.3 Å². The Morgan fingerprint density at radius 3 is 2.40 bits per heavy atom. The van der Waals surface area contributed by atoms with Crippen LogP contribution in [0.25, 0.3) is 11.0 Å². The van der Waals surface area contributed by atoms with Crippen LogP contribution in [0.3, 0.4) is 0 Å². The van der Waals surface area contributed by atoms with E-state index in [1.807, 2.05) is 10.8 Å². The molecule has 2 heterocycles. The Morgan fingerprint density at radius 1 is 1.02 bits per heavy atom. The van der Waals surface area contributed by atoms with E-state index in [9.17, 15) is 13.2 Å². The van der Waals surface area contributed by atoms with Gasteiger partial charge in [0.15, 0.2) is 5.76 Å². The molecule has 0 spiro atoms. The van der Waals surface area contributed by atoms with Crippen LogP contribution in [0.4, 0.5) is 5.69 Å². The normalized spacial score (nSPS) is 11.6. The molecule has 2 aromatic heterocycles. The number of anilines is 1. The summed E-state index contributed by atoms with van der Waals surface area (Å²) in [7, 11) is -3.98. The molecule has 0 aliphatic heterocycles. The molecule has 0 atom stereocenters. The van der Waals surface area contributed by atoms with Crippen molar-refractivity contribution in [3.05, 3.63) is 112 Å². The number of nitrogens with one attached hydrogen (secondary N) is 1. The van der Waals surface area contributed by atoms with Gasteiger partial charge in [0.25, 0.3) is 15.9 Å². The van der Waals surface area contributed by atoms with Gasteiger partial charge in [0, 0.05) is 46.5 Å². The molecule has 0 radical (unpaired) electrons. The van der Waals surface area contributed by atoms with Crippen LogP contribution in [0.15, 0.2) is 94.8 Å². The van der Waals surface area contributed by atoms with Crippen LogP contribution in [0.5, 0.6) is 0 Å². The van der Waals surface area contributed by atoms with Gasteiger partial charge in [-0.05, 0) is 73.5 Å². The number of carbonyl (C=O) groups excluding carboxylic acids is 1. The molecule has 0 saturated carbocycles. The minimum Gasteiger partial charge on any atom is -0.451 e. The number of furan rings is 1. The summed E-state index contributed by atoms with van der Waals surface area (Å²) in [6.07, 6.45) is 6.04. The average molecular weight is 598 g/mol. The van der Waals surface area contributed by atoms with Crippen molar-refractivity contribution in [1.29, 1.82) is 0 Å². The Morgan fingerprint density at radius 2 is 1.73 bits per heavy atom. The summed E-state index contributed by atoms with van der Waals surface area (Å²) in [5, 5.41) is 4.53. The number of aryl methyl sites for hydroxylation is 2. The van der Waals surface area contributed by atoms with Crippen molar-refractivity contribution < 1.29 is 17.6 Å². The fourth-order valence-electron chi connectivity index (χ4n) is 4.35. The number of imidazole rings is 1. The van der Waals surface area contributed by atoms with E-state index < -0.39 is 10.0 Å². The van der Waals surface area contributed by atoms with Gasteiger partial charge < -0.3 is 14.3 Å². The van der Waals surface area contributed by atoms with Crippen molar-refractivity contribution in [2.75, 3.05) is 10.8 Å². The quantitative estimate of drug-likeness (QED) is 0.187. The number of rotatable bonds is 10. The van der Waals surface area contributed by atoms with E-state index in [-0.39, 0.29) is 23.1 Å². The lowest BCUT2D eigenvalue weighted by Gasteiger charge is -2.25. The molecule has 0 aliphatic rings. The lowest BCUT2D eigenvalue weighted by Crippen LogP contribution is -2.30. The molecule has 0 fully saturated rings. The number of benzene rings is 3. The third-order valence-electron chi connectivity index (χ3n) is 6.49. The summed E-state index contributed by atoms with van der Waals surface area (Å²) in [5.74, 6) is -0.132. The predicted octanol–water partition coefficient (Wildman–Crippen LogP) is 6.46. The summed E-state index contributed by atoms with van der Waals surface area (Å²) in [6.45, 7) is 3.04. The zero-order valence-corrected chi connectivity index (χ0v) is 23.9. The largest absolute Gasteiger partial charge is 0.451 e. The molecule has 5 rings (SSSR count). The zero-order chi connectivity index (χ0) is 28.3. The van der Waals surface area contributed by atoms with Crippen LogP contribution < -0.4 is 9.62 Å². The molecule has 1 amide bonds. The van der Waals surface area contributed by atoms with Gasteiger partial charge in [-0.15, -0.1) is 0 Å². The first-order valence-corrected chi connectivity index (χ1v) is 14.7. The van der Waals surface area contributed by atoms with Crippen LogP contribution in [0.1, 0.15) is 28.1 Å². The first kappa shape index (κ1) is 27.8. The molecule has 0 bridgehead atoms. The number of carbonyl (C=O) groups is 1. The van der Waals surface area contributed by atoms with Crippen LogP contribution in [0, 0.1) is 6.92 Å². The third-order valence-corrected chi connectivity index (χ3v) is 8.78. The van der Waals surface area contributed by atoms with E-state index >= 15 is 0 Å². The van der Waals surface area contributed by atoms with Gasteiger partial charge >= 0.3 is 0 Å². The summed E-state index contributed by atoms with van der Waals surface area (Å²) in [5.41, 5.74) is 2.29. The SMILES string of the molecule is Cc1c(C(=O)NCCCn2ccnc2)oc2ccc(N(Cc3ccc(Cl)cc3)S(=O)(=O)c3ccc(Cl)cc3)cc12. The zero-order valence-electron chi connectivity index (χ0n) is 21.6. The molecule has 0 saturated heterocycles. The molecule has 1 N–H and O–H groups in total. The Hall–Kier alpha value is -3.79. The Kier molecular flexibility index (Phi) is 8.16. The van der Waals surface area contributed by atoms with Gasteiger partial charge in [-0.3, -0.25) is 9.10 Å². The molecule has 0 aliphatic carbocycles. The number of halogens is 2. The molecule has 5 aromatic rings. The number of sulfonamides is 1. The topological polar surface area (TPSA) is 97.4 Å². The Labute approximate surface area is 242 Å². The lowest BCUT2D eigenvalue weighted by atomic mass is 10.1. The average Bonchev–Trinajstić information content (AvgIpc) is 3.58. The second-order valence-corrected chi connectivity index (χ2v) is 12.0. The number of aromatic nitrogens is 2. The molecule has 206 valence electrons. The molecule has 0 unspecified atom stereocenters. The van der Waals surface area contributed by atoms with E-state index in [1.54, 1.807) is 74.0 Å². The highest BCUT2D eigenvalue weighted by Gasteiger charge is 2.27. The van der Waals surface area contributed by atoms with E-state index in [4.69, 9.17) is 27.6 Å². The van der Waals surface area contributed by atoms with Crippen molar-refractivity contribution >= 4 is 55.8 Å². The number of amides is 1. The molecule has 8 nitrogen and oxygen atoms in total. The standard InChI is InChI=1S/C29H26Cl2N4O4S/c1-20-26-17-24(9-12-27(26)39-28(20)29(36)33-13-2-15-34-16-14-32-19-34)35(18-21-3-5-22(30)6-4-21)40(37,38)25-10-7-23(31)8-11-25/h3-12,14,16-17,19H,2,13,15,18H2,1H3,(H,33,36). The van der Waals surface area contributed by atoms with Crippen molar-refractivity contribution in [1.82, 2.24) is 14.9 Å². The maximum Gasteiger partial charge on any atom is 0.287 e. The highest BCUT2D eigenvalue weighted by atomic mass is 35.5. The second kappa shape index (κ2) is 11.8. The van der Waals surface area contributed by atoms with Crippen molar-refractivity contribution in [2.24, 2.45) is 0 Å². The summed E-state index contributed by atoms with van der Waals surface area (Å²) < 4.78 is 36.8. The van der Waals surface area contributed by atoms with Gasteiger partial charge in [-0.25, -0.2) is 13.4 Å². The fourth-order valence-corrected chi connectivity index (χ4v) is 6.04. The van der Waals surface area contributed by atoms with E-state index in [0.717, 1.165) is 18.5 Å². The van der Waals surface area contributed by atoms with Gasteiger partial charge in [-0.2, -0.15) is 0 Å². The van der Waals surface area contributed by atoms with Crippen LogP contribution in [-0.2, 0) is 23.1 Å². The number of hydrogen-bond acceptors (Lipinski definition) is 5. The van der Waals surface area contributed by atoms with Crippen LogP contribution in [0.2, 0.25) is 10.0 Å². The third kappa shape index (κ3) is 6.01. The molecular formula is C29H26Cl2N4O4S. The fraction of sp³-hybridized carbons (Fsp3) is 0.172. The van der Waals surface area contributed by atoms with Crippen molar-refractivity contribution in [3.63, 3.8) is 0 Å². The maximum absolute atomic E-state index is 13.8. The summed E-state index contributed by atoms with van der Waals surface area (Å²) >= 11 is 12.1. The van der Waals surface area contributed by atoms with Gasteiger partial charge in [0.05, 0.1) is 23.5 Å². The first-order chi connectivity index (χ1) is 19.2. The summed E-state index contributed by atoms with van der Waals surface area (Å²) in [6, 6.07) is 18.1. The smallest absolute Gasteiger partial charge is 0.287 e. The van der Waals surface area contributed by atoms with Gasteiger partial charge in [0.1, 0.15) is 5.58 Å². The highest BCUT2D eigenvalue weighted by molar-refractivity contribution is 7.92. The lowest BCUT2D eigenvalue weighted by molar-refractivity contribution is 0.0926. The minimum absolute atomic E-state index is 0.0643. The summed E-state index contributed by atoms with van der Waals surface area (Å²) in [4.78, 5) is 17.0. The molecule has 40 heavy (non-hydrogen) atoms. The van der Waals surface area contributed by atoms with E-state index in [1.165, 1.54) is 16.4 Å². The Balaban J connectivity index is 1.44. The first-order valence-electron chi connectivity index (χ1n) is 12.5. The maximum atomic E-state index is 13.8. The molecule has 3 aromatic carbocycles. The number of fused-ring (bicyclic) bond motifs is 1. The molecule has 11 heteroatoms. The van der Waals surface area contributed by atoms with E-state index in [2.05, 4.69) is 10.3 Å². The minimum atomic E-state index is -3.98. The monoisotopic (exact) mass is 596 g/mol. The van der Waals surface area contributed by atoms with Crippen molar-refractivity contribution in [2.45, 2.75) is 31.3 Å². The number of nitrogens with zero attached hydrogens (tertiary/aromatic N) is 3. The van der Waals surface area contributed by atoms with Crippen LogP contribution >= 0.6 is 23.2 Å². The van der Waals surface area contributed by atoms with Gasteiger partial charge in [0.2, 0.25) is 0 Å².